The summed E-state index contributed by atoms with van der Waals surface area (Å²) in [6.45, 7) is 2.72. The van der Waals surface area contributed by atoms with Gasteiger partial charge in [-0.15, -0.1) is 10.2 Å². The number of hydrogen-bond acceptors (Lipinski definition) is 5. The summed E-state index contributed by atoms with van der Waals surface area (Å²) in [4.78, 5) is 4.40. The van der Waals surface area contributed by atoms with Crippen molar-refractivity contribution < 1.29 is 4.74 Å². The quantitative estimate of drug-likeness (QED) is 0.852. The van der Waals surface area contributed by atoms with Crippen LogP contribution in [0.15, 0.2) is 24.3 Å². The van der Waals surface area contributed by atoms with E-state index < -0.39 is 0 Å². The molecule has 1 aromatic carbocycles. The van der Waals surface area contributed by atoms with Crippen LogP contribution >= 0.6 is 0 Å². The molecule has 0 aliphatic rings. The molecule has 1 N–H and O–H groups in total. The van der Waals surface area contributed by atoms with Gasteiger partial charge in [-0.3, -0.25) is 0 Å². The maximum atomic E-state index is 5.12. The van der Waals surface area contributed by atoms with E-state index in [9.17, 15) is 0 Å². The maximum absolute atomic E-state index is 5.12. The number of ether oxygens (including phenoxy) is 1. The fourth-order valence-electron chi connectivity index (χ4n) is 1.59. The summed E-state index contributed by atoms with van der Waals surface area (Å²) in [5.74, 6) is 0.549. The largest absolute Gasteiger partial charge is 0.383 e. The minimum absolute atomic E-state index is 0.211. The van der Waals surface area contributed by atoms with E-state index in [0.29, 0.717) is 12.6 Å². The lowest BCUT2D eigenvalue weighted by molar-refractivity contribution is 0.184. The van der Waals surface area contributed by atoms with Crippen LogP contribution in [0, 0.1) is 0 Å². The minimum Gasteiger partial charge on any atom is -0.383 e. The van der Waals surface area contributed by atoms with Crippen molar-refractivity contribution in [2.45, 2.75) is 19.4 Å². The summed E-state index contributed by atoms with van der Waals surface area (Å²) >= 11 is 0. The number of rotatable bonds is 5. The summed E-state index contributed by atoms with van der Waals surface area (Å²) in [6, 6.07) is 7.89. The normalized spacial score (nSPS) is 12.6. The van der Waals surface area contributed by atoms with Crippen LogP contribution in [0.1, 0.15) is 13.3 Å². The molecule has 1 unspecified atom stereocenters. The second kappa shape index (κ2) is 5.54. The van der Waals surface area contributed by atoms with Gasteiger partial charge in [-0.2, -0.15) is 0 Å². The molecule has 0 bridgehead atoms. The van der Waals surface area contributed by atoms with Gasteiger partial charge in [-0.05, 0) is 18.6 Å². The fourth-order valence-corrected chi connectivity index (χ4v) is 1.59. The first-order valence-corrected chi connectivity index (χ1v) is 5.68. The monoisotopic (exact) mass is 232 g/mol. The van der Waals surface area contributed by atoms with Crippen LogP contribution in [0.3, 0.4) is 0 Å². The highest BCUT2D eigenvalue weighted by molar-refractivity contribution is 5.74. The van der Waals surface area contributed by atoms with Crippen molar-refractivity contribution in [3.05, 3.63) is 24.3 Å². The third kappa shape index (κ3) is 2.88. The third-order valence-electron chi connectivity index (χ3n) is 2.55. The van der Waals surface area contributed by atoms with E-state index in [1.54, 1.807) is 7.11 Å². The fraction of sp³-hybridized carbons (Fsp3) is 0.417. The molecule has 1 atom stereocenters. The molecule has 0 spiro atoms. The molecular formula is C12H16N4O. The van der Waals surface area contributed by atoms with Gasteiger partial charge >= 0.3 is 0 Å². The highest BCUT2D eigenvalue weighted by Crippen LogP contribution is 2.10. The molecule has 17 heavy (non-hydrogen) atoms. The summed E-state index contributed by atoms with van der Waals surface area (Å²) in [7, 11) is 1.68. The van der Waals surface area contributed by atoms with Gasteiger partial charge in [0.15, 0.2) is 0 Å². The van der Waals surface area contributed by atoms with Crippen molar-refractivity contribution in [1.29, 1.82) is 0 Å². The molecule has 0 aliphatic heterocycles. The number of nitrogens with zero attached hydrogens (tertiary/aromatic N) is 3. The van der Waals surface area contributed by atoms with Gasteiger partial charge < -0.3 is 10.1 Å². The van der Waals surface area contributed by atoms with Gasteiger partial charge in [0.2, 0.25) is 5.95 Å². The van der Waals surface area contributed by atoms with E-state index in [0.717, 1.165) is 17.5 Å². The topological polar surface area (TPSA) is 59.9 Å². The molecule has 5 heteroatoms. The van der Waals surface area contributed by atoms with Crippen LogP contribution in [0.25, 0.3) is 11.0 Å². The third-order valence-corrected chi connectivity index (χ3v) is 2.55. The molecule has 1 aromatic heterocycles. The molecule has 0 amide bonds. The van der Waals surface area contributed by atoms with Crippen LogP contribution in [0.2, 0.25) is 0 Å². The van der Waals surface area contributed by atoms with Gasteiger partial charge in [-0.1, -0.05) is 19.1 Å². The lowest BCUT2D eigenvalue weighted by atomic mass is 10.2. The average Bonchev–Trinajstić information content (AvgIpc) is 2.38. The molecule has 0 radical (unpaired) electrons. The predicted molar refractivity (Wildman–Crippen MR) is 66.9 cm³/mol. The predicted octanol–water partition coefficient (Wildman–Crippen LogP) is 1.86. The number of benzene rings is 1. The van der Waals surface area contributed by atoms with Gasteiger partial charge in [0.25, 0.3) is 0 Å². The Balaban J connectivity index is 2.18. The molecule has 5 nitrogen and oxygen atoms in total. The number of methoxy groups -OCH3 is 1. The van der Waals surface area contributed by atoms with Crippen molar-refractivity contribution >= 4 is 17.0 Å². The van der Waals surface area contributed by atoms with Crippen molar-refractivity contribution in [2.24, 2.45) is 0 Å². The molecule has 0 fully saturated rings. The summed E-state index contributed by atoms with van der Waals surface area (Å²) < 4.78 is 5.12. The second-order valence-electron chi connectivity index (χ2n) is 3.83. The zero-order valence-electron chi connectivity index (χ0n) is 10.1. The SMILES string of the molecule is CCC(COC)Nc1nnc2ccccc2n1. The lowest BCUT2D eigenvalue weighted by Crippen LogP contribution is -2.25. The molecule has 1 heterocycles. The van der Waals surface area contributed by atoms with Gasteiger partial charge in [0.1, 0.15) is 5.52 Å². The number of fused-ring (bicyclic) bond motifs is 1. The van der Waals surface area contributed by atoms with Gasteiger partial charge in [-0.25, -0.2) is 4.98 Å². The Kier molecular flexibility index (Phi) is 3.82. The van der Waals surface area contributed by atoms with Crippen LogP contribution < -0.4 is 5.32 Å². The first kappa shape index (κ1) is 11.7. The number of nitrogens with one attached hydrogen (secondary N) is 1. The molecule has 0 saturated carbocycles. The molecular weight excluding hydrogens is 216 g/mol. The van der Waals surface area contributed by atoms with Crippen molar-refractivity contribution in [3.63, 3.8) is 0 Å². The van der Waals surface area contributed by atoms with Gasteiger partial charge in [0, 0.05) is 7.11 Å². The Hall–Kier alpha value is -1.75. The number of aromatic nitrogens is 3. The van der Waals surface area contributed by atoms with E-state index in [1.165, 1.54) is 0 Å². The lowest BCUT2D eigenvalue weighted by Gasteiger charge is -2.15. The van der Waals surface area contributed by atoms with Crippen LogP contribution in [0.4, 0.5) is 5.95 Å². The maximum Gasteiger partial charge on any atom is 0.243 e. The summed E-state index contributed by atoms with van der Waals surface area (Å²) in [6.07, 6.45) is 0.948. The Morgan fingerprint density at radius 1 is 1.24 bits per heavy atom. The van der Waals surface area contributed by atoms with Gasteiger partial charge in [0.05, 0.1) is 18.2 Å². The standard InChI is InChI=1S/C12H16N4O/c1-3-9(8-17-2)13-12-14-10-6-4-5-7-11(10)15-16-12/h4-7,9H,3,8H2,1-2H3,(H,13,14,16). The molecule has 90 valence electrons. The highest BCUT2D eigenvalue weighted by atomic mass is 16.5. The Morgan fingerprint density at radius 2 is 2.00 bits per heavy atom. The summed E-state index contributed by atoms with van der Waals surface area (Å²) in [5, 5.41) is 11.4. The molecule has 0 saturated heterocycles. The number of hydrogen-bond donors (Lipinski definition) is 1. The average molecular weight is 232 g/mol. The van der Waals surface area contributed by atoms with Crippen LogP contribution in [-0.2, 0) is 4.74 Å². The Labute approximate surface area is 100 Å². The van der Waals surface area contributed by atoms with E-state index in [1.807, 2.05) is 24.3 Å². The highest BCUT2D eigenvalue weighted by Gasteiger charge is 2.08. The Bertz CT molecular complexity index is 489. The van der Waals surface area contributed by atoms with E-state index in [-0.39, 0.29) is 6.04 Å². The second-order valence-corrected chi connectivity index (χ2v) is 3.83. The first-order chi connectivity index (χ1) is 8.33. The van der Waals surface area contributed by atoms with E-state index in [2.05, 4.69) is 27.4 Å². The summed E-state index contributed by atoms with van der Waals surface area (Å²) in [5.41, 5.74) is 1.65. The van der Waals surface area contributed by atoms with Crippen molar-refractivity contribution in [2.75, 3.05) is 19.0 Å². The Morgan fingerprint density at radius 3 is 2.71 bits per heavy atom. The van der Waals surface area contributed by atoms with Crippen LogP contribution in [-0.4, -0.2) is 34.9 Å². The minimum atomic E-state index is 0.211. The van der Waals surface area contributed by atoms with Crippen LogP contribution in [0.5, 0.6) is 0 Å². The zero-order chi connectivity index (χ0) is 12.1. The first-order valence-electron chi connectivity index (χ1n) is 5.68. The van der Waals surface area contributed by atoms with Crippen molar-refractivity contribution in [3.8, 4) is 0 Å². The number of para-hydroxylation sites is 1. The molecule has 2 rings (SSSR count). The number of anilines is 1. The van der Waals surface area contributed by atoms with Crippen molar-refractivity contribution in [1.82, 2.24) is 15.2 Å². The van der Waals surface area contributed by atoms with E-state index in [4.69, 9.17) is 4.74 Å². The zero-order valence-corrected chi connectivity index (χ0v) is 10.1. The smallest absolute Gasteiger partial charge is 0.243 e. The van der Waals surface area contributed by atoms with E-state index >= 15 is 0 Å². The molecule has 0 aliphatic carbocycles. The molecule has 2 aromatic rings.